The molecule has 0 saturated heterocycles. The predicted molar refractivity (Wildman–Crippen MR) is 129 cm³/mol. The second-order valence-electron chi connectivity index (χ2n) is 7.61. The first-order chi connectivity index (χ1) is 13.7. The van der Waals surface area contributed by atoms with Crippen LogP contribution in [-0.2, 0) is 6.54 Å². The Bertz CT molecular complexity index is 954. The zero-order valence-electron chi connectivity index (χ0n) is 18.6. The molecule has 4 nitrogen and oxygen atoms in total. The smallest absolute Gasteiger partial charge is 0.143 e. The Balaban J connectivity index is 2.13. The van der Waals surface area contributed by atoms with Gasteiger partial charge in [-0.1, -0.05) is 29.8 Å². The van der Waals surface area contributed by atoms with Crippen LogP contribution in [0.25, 0.3) is 6.08 Å². The highest BCUT2D eigenvalue weighted by atomic mass is 32.1. The van der Waals surface area contributed by atoms with E-state index < -0.39 is 0 Å². The Morgan fingerprint density at radius 1 is 1.07 bits per heavy atom. The lowest BCUT2D eigenvalue weighted by molar-refractivity contribution is 0.956. The Morgan fingerprint density at radius 3 is 2.41 bits per heavy atom. The first-order valence-electron chi connectivity index (χ1n) is 9.93. The molecule has 2 aromatic carbocycles. The second-order valence-corrected chi connectivity index (χ2v) is 8.09. The third kappa shape index (κ3) is 6.57. The molecule has 0 amide bonds. The van der Waals surface area contributed by atoms with E-state index in [1.165, 1.54) is 22.3 Å². The maximum atomic E-state index is 4.58. The fourth-order valence-corrected chi connectivity index (χ4v) is 3.24. The molecular formula is C24H32N4S. The van der Waals surface area contributed by atoms with Crippen LogP contribution in [-0.4, -0.2) is 19.4 Å². The SMILES string of the molecule is CCN(C)c1cc(S)c(N=NC(C)=NCc2ccc(C=C(C)C)cc2C)cc1C. The van der Waals surface area contributed by atoms with Crippen LogP contribution in [0.2, 0.25) is 0 Å². The average molecular weight is 409 g/mol. The van der Waals surface area contributed by atoms with Crippen LogP contribution >= 0.6 is 12.6 Å². The third-order valence-corrected chi connectivity index (χ3v) is 5.14. The molecule has 0 N–H and O–H groups in total. The number of rotatable bonds is 6. The molecule has 29 heavy (non-hydrogen) atoms. The lowest BCUT2D eigenvalue weighted by Crippen LogP contribution is -2.16. The number of azo groups is 1. The maximum absolute atomic E-state index is 4.58. The molecule has 0 heterocycles. The molecule has 0 unspecified atom stereocenters. The molecule has 0 spiro atoms. The summed E-state index contributed by atoms with van der Waals surface area (Å²) in [5, 5.41) is 8.66. The highest BCUT2D eigenvalue weighted by molar-refractivity contribution is 7.80. The van der Waals surface area contributed by atoms with Crippen molar-refractivity contribution in [3.8, 4) is 0 Å². The fraction of sp³-hybridized carbons (Fsp3) is 0.375. The van der Waals surface area contributed by atoms with E-state index in [9.17, 15) is 0 Å². The van der Waals surface area contributed by atoms with Gasteiger partial charge in [-0.15, -0.1) is 22.9 Å². The molecule has 5 heteroatoms. The van der Waals surface area contributed by atoms with Gasteiger partial charge in [-0.05, 0) is 75.9 Å². The number of hydrogen-bond donors (Lipinski definition) is 1. The number of amidine groups is 1. The van der Waals surface area contributed by atoms with Crippen LogP contribution in [0, 0.1) is 13.8 Å². The summed E-state index contributed by atoms with van der Waals surface area (Å²) in [7, 11) is 2.07. The van der Waals surface area contributed by atoms with E-state index >= 15 is 0 Å². The highest BCUT2D eigenvalue weighted by Crippen LogP contribution is 2.31. The zero-order chi connectivity index (χ0) is 21.6. The molecule has 0 aliphatic rings. The van der Waals surface area contributed by atoms with Crippen molar-refractivity contribution in [3.63, 3.8) is 0 Å². The largest absolute Gasteiger partial charge is 0.375 e. The normalized spacial score (nSPS) is 11.8. The van der Waals surface area contributed by atoms with Crippen LogP contribution in [0.15, 0.2) is 56.0 Å². The molecule has 2 rings (SSSR count). The summed E-state index contributed by atoms with van der Waals surface area (Å²) >= 11 is 4.58. The highest BCUT2D eigenvalue weighted by Gasteiger charge is 2.08. The quantitative estimate of drug-likeness (QED) is 0.234. The minimum Gasteiger partial charge on any atom is -0.375 e. The van der Waals surface area contributed by atoms with Crippen molar-refractivity contribution in [2.45, 2.75) is 53.0 Å². The molecule has 0 fully saturated rings. The molecule has 0 aliphatic carbocycles. The molecule has 0 aliphatic heterocycles. The van der Waals surface area contributed by atoms with E-state index in [4.69, 9.17) is 0 Å². The first-order valence-corrected chi connectivity index (χ1v) is 10.4. The van der Waals surface area contributed by atoms with E-state index in [-0.39, 0.29) is 0 Å². The lowest BCUT2D eigenvalue weighted by atomic mass is 10.0. The molecule has 0 atom stereocenters. The van der Waals surface area contributed by atoms with Gasteiger partial charge in [-0.25, -0.2) is 0 Å². The van der Waals surface area contributed by atoms with Crippen molar-refractivity contribution in [3.05, 3.63) is 58.2 Å². The third-order valence-electron chi connectivity index (χ3n) is 4.78. The van der Waals surface area contributed by atoms with Crippen LogP contribution < -0.4 is 4.90 Å². The minimum atomic E-state index is 0.596. The number of allylic oxidation sites excluding steroid dienone is 1. The van der Waals surface area contributed by atoms with Gasteiger partial charge < -0.3 is 4.90 Å². The number of anilines is 1. The summed E-state index contributed by atoms with van der Waals surface area (Å²) in [6.45, 7) is 14.0. The summed E-state index contributed by atoms with van der Waals surface area (Å²) in [5.41, 5.74) is 8.02. The number of aryl methyl sites for hydroxylation is 2. The molecule has 154 valence electrons. The standard InChI is InChI=1S/C24H32N4S/c1-8-28(7)23-14-24(29)22(13-18(23)5)27-26-19(6)25-15-21-10-9-20(11-16(2)3)12-17(21)4/h9-14,29H,8,15H2,1-7H3. The van der Waals surface area contributed by atoms with E-state index in [0.717, 1.165) is 28.4 Å². The summed E-state index contributed by atoms with van der Waals surface area (Å²) in [4.78, 5) is 7.58. The van der Waals surface area contributed by atoms with E-state index in [1.54, 1.807) is 0 Å². The van der Waals surface area contributed by atoms with Crippen molar-refractivity contribution in [1.82, 2.24) is 0 Å². The second kappa shape index (κ2) is 10.4. The molecule has 2 aromatic rings. The fourth-order valence-electron chi connectivity index (χ4n) is 3.01. The molecule has 0 aromatic heterocycles. The van der Waals surface area contributed by atoms with E-state index in [1.807, 2.05) is 19.1 Å². The number of nitrogens with zero attached hydrogens (tertiary/aromatic N) is 4. The Hall–Kier alpha value is -2.40. The summed E-state index contributed by atoms with van der Waals surface area (Å²) in [6.07, 6.45) is 2.18. The number of thiol groups is 1. The van der Waals surface area contributed by atoms with Gasteiger partial charge in [-0.3, -0.25) is 4.99 Å². The van der Waals surface area contributed by atoms with Gasteiger partial charge in [0.05, 0.1) is 12.2 Å². The summed E-state index contributed by atoms with van der Waals surface area (Å²) in [5.74, 6) is 0.651. The van der Waals surface area contributed by atoms with Crippen LogP contribution in [0.5, 0.6) is 0 Å². The van der Waals surface area contributed by atoms with Gasteiger partial charge in [0.2, 0.25) is 0 Å². The van der Waals surface area contributed by atoms with Gasteiger partial charge in [0, 0.05) is 24.2 Å². The predicted octanol–water partition coefficient (Wildman–Crippen LogP) is 7.17. The van der Waals surface area contributed by atoms with Crippen molar-refractivity contribution >= 4 is 35.9 Å². The minimum absolute atomic E-state index is 0.596. The Kier molecular flexibility index (Phi) is 8.21. The molecule has 0 saturated carbocycles. The first kappa shape index (κ1) is 22.9. The Labute approximate surface area is 180 Å². The van der Waals surface area contributed by atoms with Crippen LogP contribution in [0.1, 0.15) is 49.9 Å². The number of benzene rings is 2. The van der Waals surface area contributed by atoms with Gasteiger partial charge in [0.15, 0.2) is 0 Å². The van der Waals surface area contributed by atoms with Crippen LogP contribution in [0.3, 0.4) is 0 Å². The van der Waals surface area contributed by atoms with E-state index in [2.05, 4.69) is 98.7 Å². The summed E-state index contributed by atoms with van der Waals surface area (Å²) < 4.78 is 0. The molecular weight excluding hydrogens is 376 g/mol. The topological polar surface area (TPSA) is 40.3 Å². The van der Waals surface area contributed by atoms with E-state index in [0.29, 0.717) is 12.4 Å². The van der Waals surface area contributed by atoms with Crippen molar-refractivity contribution in [2.75, 3.05) is 18.5 Å². The number of hydrogen-bond acceptors (Lipinski definition) is 4. The maximum Gasteiger partial charge on any atom is 0.143 e. The van der Waals surface area contributed by atoms with Gasteiger partial charge >= 0.3 is 0 Å². The van der Waals surface area contributed by atoms with Gasteiger partial charge in [0.25, 0.3) is 0 Å². The van der Waals surface area contributed by atoms with Crippen molar-refractivity contribution in [2.24, 2.45) is 15.2 Å². The van der Waals surface area contributed by atoms with Gasteiger partial charge in [-0.2, -0.15) is 0 Å². The number of aliphatic imine (C=N–C) groups is 1. The van der Waals surface area contributed by atoms with Crippen molar-refractivity contribution < 1.29 is 0 Å². The average Bonchev–Trinajstić information content (AvgIpc) is 2.66. The monoisotopic (exact) mass is 408 g/mol. The lowest BCUT2D eigenvalue weighted by Gasteiger charge is -2.20. The molecule has 0 radical (unpaired) electrons. The Morgan fingerprint density at radius 2 is 1.79 bits per heavy atom. The molecule has 0 bridgehead atoms. The summed E-state index contributed by atoms with van der Waals surface area (Å²) in [6, 6.07) is 10.5. The zero-order valence-corrected chi connectivity index (χ0v) is 19.5. The van der Waals surface area contributed by atoms with Crippen LogP contribution in [0.4, 0.5) is 11.4 Å². The van der Waals surface area contributed by atoms with Gasteiger partial charge in [0.1, 0.15) is 5.84 Å². The van der Waals surface area contributed by atoms with Crippen molar-refractivity contribution in [1.29, 1.82) is 0 Å².